The Balaban J connectivity index is 1.56. The van der Waals surface area contributed by atoms with Gasteiger partial charge in [-0.2, -0.15) is 0 Å². The van der Waals surface area contributed by atoms with Crippen molar-refractivity contribution in [3.8, 4) is 5.75 Å². The van der Waals surface area contributed by atoms with Crippen molar-refractivity contribution in [2.75, 3.05) is 15.5 Å². The topological polar surface area (TPSA) is 87.7 Å². The lowest BCUT2D eigenvalue weighted by Gasteiger charge is -2.17. The number of rotatable bonds is 7. The molecule has 2 N–H and O–H groups in total. The molecule has 0 saturated carbocycles. The molecule has 0 radical (unpaired) electrons. The highest BCUT2D eigenvalue weighted by Crippen LogP contribution is 2.38. The second-order valence-corrected chi connectivity index (χ2v) is 9.77. The summed E-state index contributed by atoms with van der Waals surface area (Å²) in [5.74, 6) is -1.40. The Labute approximate surface area is 232 Å². The molecule has 0 aliphatic carbocycles. The third-order valence-corrected chi connectivity index (χ3v) is 6.53. The summed E-state index contributed by atoms with van der Waals surface area (Å²) in [6, 6.07) is 16.1. The molecule has 4 rings (SSSR count). The molecule has 7 nitrogen and oxygen atoms in total. The quantitative estimate of drug-likeness (QED) is 0.230. The summed E-state index contributed by atoms with van der Waals surface area (Å²) in [5, 5.41) is 5.64. The zero-order chi connectivity index (χ0) is 26.9. The number of anilines is 3. The Bertz CT molecular complexity index is 1460. The van der Waals surface area contributed by atoms with Gasteiger partial charge >= 0.3 is 0 Å². The van der Waals surface area contributed by atoms with Crippen LogP contribution in [0.5, 0.6) is 5.75 Å². The van der Waals surface area contributed by atoms with Crippen LogP contribution in [0.25, 0.3) is 0 Å². The van der Waals surface area contributed by atoms with Gasteiger partial charge in [-0.05, 0) is 56.3 Å². The molecule has 3 aromatic carbocycles. The molecule has 3 aromatic rings. The minimum absolute atomic E-state index is 0.0384. The molecule has 0 aromatic heterocycles. The minimum atomic E-state index is -0.787. The van der Waals surface area contributed by atoms with Crippen LogP contribution < -0.4 is 20.3 Å². The van der Waals surface area contributed by atoms with Gasteiger partial charge in [-0.15, -0.1) is 0 Å². The number of carbonyl (C=O) groups is 3. The van der Waals surface area contributed by atoms with E-state index < -0.39 is 17.7 Å². The second-order valence-electron chi connectivity index (χ2n) is 8.18. The summed E-state index contributed by atoms with van der Waals surface area (Å²) in [6.07, 6.45) is -0.0754. The fourth-order valence-corrected chi connectivity index (χ4v) is 4.36. The summed E-state index contributed by atoms with van der Waals surface area (Å²) in [5.41, 5.74) is 1.02. The molecular weight excluding hydrogens is 560 g/mol. The van der Waals surface area contributed by atoms with Crippen molar-refractivity contribution < 1.29 is 19.1 Å². The van der Waals surface area contributed by atoms with E-state index in [1.807, 2.05) is 19.9 Å². The van der Waals surface area contributed by atoms with Crippen molar-refractivity contribution in [2.24, 2.45) is 0 Å². The summed E-state index contributed by atoms with van der Waals surface area (Å²) in [7, 11) is 0. The Kier molecular flexibility index (Phi) is 7.99. The van der Waals surface area contributed by atoms with Gasteiger partial charge in [-0.25, -0.2) is 4.90 Å². The highest BCUT2D eigenvalue weighted by atomic mass is 35.5. The monoisotopic (exact) mass is 577 g/mol. The third-order valence-electron chi connectivity index (χ3n) is 5.15. The fourth-order valence-electron chi connectivity index (χ4n) is 3.52. The molecule has 0 bridgehead atoms. The van der Waals surface area contributed by atoms with Crippen LogP contribution in [0.1, 0.15) is 24.2 Å². The third kappa shape index (κ3) is 5.70. The molecule has 190 valence electrons. The van der Waals surface area contributed by atoms with Gasteiger partial charge in [0.25, 0.3) is 17.7 Å². The molecule has 0 spiro atoms. The molecule has 1 aliphatic rings. The van der Waals surface area contributed by atoms with Crippen molar-refractivity contribution in [3.05, 3.63) is 92.0 Å². The number of hydrogen-bond donors (Lipinski definition) is 2. The highest BCUT2D eigenvalue weighted by Gasteiger charge is 2.40. The number of imide groups is 1. The predicted molar refractivity (Wildman–Crippen MR) is 147 cm³/mol. The van der Waals surface area contributed by atoms with Crippen LogP contribution in [0, 0.1) is 0 Å². The lowest BCUT2D eigenvalue weighted by atomic mass is 10.1. The largest absolute Gasteiger partial charge is 0.489 e. The maximum absolute atomic E-state index is 13.1. The zero-order valence-corrected chi connectivity index (χ0v) is 22.5. The number of benzene rings is 3. The molecule has 0 unspecified atom stereocenters. The number of para-hydroxylation sites is 2. The van der Waals surface area contributed by atoms with Gasteiger partial charge < -0.3 is 15.4 Å². The van der Waals surface area contributed by atoms with Gasteiger partial charge in [0.1, 0.15) is 16.5 Å². The number of ether oxygens (including phenoxy) is 1. The summed E-state index contributed by atoms with van der Waals surface area (Å²) in [6.45, 7) is 3.78. The van der Waals surface area contributed by atoms with E-state index in [1.54, 1.807) is 36.4 Å². The van der Waals surface area contributed by atoms with Crippen molar-refractivity contribution in [1.82, 2.24) is 0 Å². The number of hydrogen-bond acceptors (Lipinski definition) is 5. The van der Waals surface area contributed by atoms with Crippen molar-refractivity contribution in [1.29, 1.82) is 0 Å². The first-order valence-corrected chi connectivity index (χ1v) is 12.4. The zero-order valence-electron chi connectivity index (χ0n) is 19.4. The molecule has 3 amide bonds. The van der Waals surface area contributed by atoms with Gasteiger partial charge in [0.15, 0.2) is 0 Å². The van der Waals surface area contributed by atoms with Gasteiger partial charge in [-0.1, -0.05) is 64.6 Å². The van der Waals surface area contributed by atoms with E-state index in [-0.39, 0.29) is 37.6 Å². The number of nitrogens with zero attached hydrogens (tertiary/aromatic N) is 1. The van der Waals surface area contributed by atoms with Crippen LogP contribution >= 0.6 is 46.4 Å². The first-order chi connectivity index (χ1) is 17.6. The lowest BCUT2D eigenvalue weighted by Crippen LogP contribution is -2.32. The Morgan fingerprint density at radius 3 is 2.30 bits per heavy atom. The maximum Gasteiger partial charge on any atom is 0.283 e. The SMILES string of the molecule is CC(C)Oc1ccccc1NC(=O)c1cccc(NC2=C(Cl)C(=O)N(c3cc(Cl)c(Cl)cc3Cl)C2=O)c1. The number of nitrogens with one attached hydrogen (secondary N) is 2. The molecular formula is C26H19Cl4N3O4. The van der Waals surface area contributed by atoms with E-state index in [4.69, 9.17) is 51.1 Å². The summed E-state index contributed by atoms with van der Waals surface area (Å²) < 4.78 is 5.75. The number of halogens is 4. The van der Waals surface area contributed by atoms with Crippen LogP contribution in [0.4, 0.5) is 17.1 Å². The van der Waals surface area contributed by atoms with Crippen LogP contribution in [0.15, 0.2) is 71.4 Å². The van der Waals surface area contributed by atoms with E-state index in [9.17, 15) is 14.4 Å². The van der Waals surface area contributed by atoms with Crippen molar-refractivity contribution in [2.45, 2.75) is 20.0 Å². The van der Waals surface area contributed by atoms with Gasteiger partial charge in [-0.3, -0.25) is 14.4 Å². The average molecular weight is 579 g/mol. The van der Waals surface area contributed by atoms with Crippen LogP contribution in [-0.2, 0) is 9.59 Å². The molecule has 11 heteroatoms. The first kappa shape index (κ1) is 26.8. The minimum Gasteiger partial charge on any atom is -0.489 e. The lowest BCUT2D eigenvalue weighted by molar-refractivity contribution is -0.120. The summed E-state index contributed by atoms with van der Waals surface area (Å²) in [4.78, 5) is 39.7. The van der Waals surface area contributed by atoms with E-state index in [1.165, 1.54) is 18.2 Å². The fraction of sp³-hybridized carbons (Fsp3) is 0.115. The number of carbonyl (C=O) groups excluding carboxylic acids is 3. The Morgan fingerprint density at radius 2 is 1.57 bits per heavy atom. The molecule has 0 atom stereocenters. The molecule has 0 saturated heterocycles. The van der Waals surface area contributed by atoms with E-state index in [2.05, 4.69) is 10.6 Å². The smallest absolute Gasteiger partial charge is 0.283 e. The van der Waals surface area contributed by atoms with Crippen LogP contribution in [0.2, 0.25) is 15.1 Å². The van der Waals surface area contributed by atoms with Gasteiger partial charge in [0.2, 0.25) is 0 Å². The van der Waals surface area contributed by atoms with Gasteiger partial charge in [0.05, 0.1) is 32.5 Å². The molecule has 0 fully saturated rings. The van der Waals surface area contributed by atoms with Crippen LogP contribution in [-0.4, -0.2) is 23.8 Å². The van der Waals surface area contributed by atoms with E-state index in [0.29, 0.717) is 22.7 Å². The molecule has 1 heterocycles. The first-order valence-electron chi connectivity index (χ1n) is 10.9. The average Bonchev–Trinajstić information content (AvgIpc) is 3.05. The second kappa shape index (κ2) is 11.0. The summed E-state index contributed by atoms with van der Waals surface area (Å²) >= 11 is 24.4. The van der Waals surface area contributed by atoms with Crippen molar-refractivity contribution >= 4 is 81.2 Å². The Hall–Kier alpha value is -3.23. The molecule has 1 aliphatic heterocycles. The Morgan fingerprint density at radius 1 is 0.865 bits per heavy atom. The van der Waals surface area contributed by atoms with E-state index >= 15 is 0 Å². The van der Waals surface area contributed by atoms with E-state index in [0.717, 1.165) is 4.90 Å². The normalized spacial score (nSPS) is 13.4. The maximum atomic E-state index is 13.1. The molecule has 37 heavy (non-hydrogen) atoms. The highest BCUT2D eigenvalue weighted by molar-refractivity contribution is 6.54. The van der Waals surface area contributed by atoms with Crippen molar-refractivity contribution in [3.63, 3.8) is 0 Å². The van der Waals surface area contributed by atoms with Gasteiger partial charge in [0, 0.05) is 11.3 Å². The predicted octanol–water partition coefficient (Wildman–Crippen LogP) is 7.12. The standard InChI is InChI=1S/C26H19Cl4N3O4/c1-13(2)37-21-9-4-3-8-19(21)32-24(34)14-6-5-7-15(10-14)31-23-22(30)25(35)33(26(23)36)20-12-17(28)16(27)11-18(20)29/h3-13,31H,1-2H3,(H,32,34). The number of amides is 3. The van der Waals surface area contributed by atoms with Crippen LogP contribution in [0.3, 0.4) is 0 Å².